The molecule has 0 atom stereocenters. The topological polar surface area (TPSA) is 77.2 Å². The van der Waals surface area contributed by atoms with Crippen molar-refractivity contribution < 1.29 is 14.1 Å². The number of aryl methyl sites for hydroxylation is 1. The molecule has 1 aromatic heterocycles. The van der Waals surface area contributed by atoms with Crippen molar-refractivity contribution in [2.45, 2.75) is 6.92 Å². The first-order chi connectivity index (χ1) is 14.6. The van der Waals surface area contributed by atoms with Crippen molar-refractivity contribution in [2.24, 2.45) is 0 Å². The zero-order valence-electron chi connectivity index (χ0n) is 16.1. The average molecular weight is 420 g/mol. The summed E-state index contributed by atoms with van der Waals surface area (Å²) in [5, 5.41) is 7.33. The Hall–Kier alpha value is -3.64. The van der Waals surface area contributed by atoms with Gasteiger partial charge >= 0.3 is 0 Å². The zero-order valence-corrected chi connectivity index (χ0v) is 16.9. The molecule has 0 aliphatic heterocycles. The third kappa shape index (κ3) is 4.50. The minimum atomic E-state index is -0.333. The third-order valence-corrected chi connectivity index (χ3v) is 4.68. The largest absolute Gasteiger partial charge is 0.482 e. The van der Waals surface area contributed by atoms with E-state index in [0.717, 1.165) is 11.1 Å². The molecule has 1 amide bonds. The van der Waals surface area contributed by atoms with E-state index in [-0.39, 0.29) is 12.5 Å². The van der Waals surface area contributed by atoms with E-state index in [1.165, 1.54) is 0 Å². The molecule has 30 heavy (non-hydrogen) atoms. The smallest absolute Gasteiger partial charge is 0.262 e. The molecule has 7 heteroatoms. The molecule has 0 saturated carbocycles. The average Bonchev–Trinajstić information content (AvgIpc) is 3.24. The van der Waals surface area contributed by atoms with Gasteiger partial charge in [-0.2, -0.15) is 4.98 Å². The number of nitrogens with one attached hydrogen (secondary N) is 1. The number of carbonyl (C=O) groups is 1. The van der Waals surface area contributed by atoms with E-state index in [2.05, 4.69) is 15.5 Å². The van der Waals surface area contributed by atoms with Crippen molar-refractivity contribution in [1.82, 2.24) is 10.1 Å². The summed E-state index contributed by atoms with van der Waals surface area (Å²) in [5.74, 6) is 0.907. The number of hydrogen-bond acceptors (Lipinski definition) is 5. The molecule has 0 saturated heterocycles. The summed E-state index contributed by atoms with van der Waals surface area (Å²) < 4.78 is 10.9. The molecule has 4 aromatic rings. The van der Waals surface area contributed by atoms with Gasteiger partial charge in [0.2, 0.25) is 5.82 Å². The molecule has 0 fully saturated rings. The molecular weight excluding hydrogens is 402 g/mol. The first-order valence-corrected chi connectivity index (χ1v) is 9.65. The molecular formula is C23H18ClN3O3. The number of para-hydroxylation sites is 2. The first-order valence-electron chi connectivity index (χ1n) is 9.27. The van der Waals surface area contributed by atoms with Gasteiger partial charge in [-0.05, 0) is 31.2 Å². The number of carbonyl (C=O) groups excluding carboxylic acids is 1. The summed E-state index contributed by atoms with van der Waals surface area (Å²) in [5.41, 5.74) is 3.17. The molecule has 0 radical (unpaired) electrons. The molecule has 3 aromatic carbocycles. The van der Waals surface area contributed by atoms with Gasteiger partial charge in [0.1, 0.15) is 5.75 Å². The molecule has 4 rings (SSSR count). The van der Waals surface area contributed by atoms with Crippen LogP contribution in [0.2, 0.25) is 5.02 Å². The summed E-state index contributed by atoms with van der Waals surface area (Å²) in [6.07, 6.45) is 0. The van der Waals surface area contributed by atoms with Crippen molar-refractivity contribution >= 4 is 23.2 Å². The number of aromatic nitrogens is 2. The second-order valence-corrected chi connectivity index (χ2v) is 7.01. The van der Waals surface area contributed by atoms with Gasteiger partial charge in [0.05, 0.1) is 16.3 Å². The van der Waals surface area contributed by atoms with E-state index in [1.807, 2.05) is 43.3 Å². The van der Waals surface area contributed by atoms with Crippen LogP contribution in [0.5, 0.6) is 5.75 Å². The predicted molar refractivity (Wildman–Crippen MR) is 115 cm³/mol. The van der Waals surface area contributed by atoms with Gasteiger partial charge in [-0.25, -0.2) is 0 Å². The van der Waals surface area contributed by atoms with E-state index in [1.54, 1.807) is 36.4 Å². The lowest BCUT2D eigenvalue weighted by Crippen LogP contribution is -2.20. The highest BCUT2D eigenvalue weighted by Crippen LogP contribution is 2.29. The maximum Gasteiger partial charge on any atom is 0.262 e. The molecule has 0 aliphatic carbocycles. The van der Waals surface area contributed by atoms with Crippen molar-refractivity contribution in [3.8, 4) is 28.6 Å². The molecule has 1 heterocycles. The molecule has 1 N–H and O–H groups in total. The number of nitrogens with zero attached hydrogens (tertiary/aromatic N) is 2. The summed E-state index contributed by atoms with van der Waals surface area (Å²) in [7, 11) is 0. The van der Waals surface area contributed by atoms with E-state index in [0.29, 0.717) is 33.7 Å². The summed E-state index contributed by atoms with van der Waals surface area (Å²) in [4.78, 5) is 16.9. The number of amides is 1. The number of anilines is 1. The molecule has 6 nitrogen and oxygen atoms in total. The lowest BCUT2D eigenvalue weighted by Gasteiger charge is -2.10. The fourth-order valence-electron chi connectivity index (χ4n) is 2.82. The predicted octanol–water partition coefficient (Wildman–Crippen LogP) is 5.38. The Morgan fingerprint density at radius 1 is 1.03 bits per heavy atom. The van der Waals surface area contributed by atoms with Crippen LogP contribution in [-0.2, 0) is 4.79 Å². The maximum atomic E-state index is 12.4. The van der Waals surface area contributed by atoms with Crippen molar-refractivity contribution in [2.75, 3.05) is 11.9 Å². The number of hydrogen-bond donors (Lipinski definition) is 1. The maximum absolute atomic E-state index is 12.4. The Bertz CT molecular complexity index is 1170. The van der Waals surface area contributed by atoms with Crippen LogP contribution in [0.3, 0.4) is 0 Å². The minimum Gasteiger partial charge on any atom is -0.482 e. The summed E-state index contributed by atoms with van der Waals surface area (Å²) >= 11 is 6.05. The highest BCUT2D eigenvalue weighted by Gasteiger charge is 2.16. The van der Waals surface area contributed by atoms with Crippen molar-refractivity contribution in [3.63, 3.8) is 0 Å². The van der Waals surface area contributed by atoms with Gasteiger partial charge in [-0.1, -0.05) is 70.9 Å². The Morgan fingerprint density at radius 3 is 2.57 bits per heavy atom. The van der Waals surface area contributed by atoms with Crippen LogP contribution >= 0.6 is 11.6 Å². The highest BCUT2D eigenvalue weighted by molar-refractivity contribution is 6.32. The standard InChI is InChI=1S/C23H18ClN3O3/c1-15-10-12-16(13-11-15)22-26-23(30-27-22)17-6-2-4-8-19(17)25-21(28)14-29-20-9-5-3-7-18(20)24/h2-13H,14H2,1H3,(H,25,28). The summed E-state index contributed by atoms with van der Waals surface area (Å²) in [6.45, 7) is 1.83. The van der Waals surface area contributed by atoms with Crippen LogP contribution in [0, 0.1) is 6.92 Å². The van der Waals surface area contributed by atoms with Crippen LogP contribution in [-0.4, -0.2) is 22.7 Å². The summed E-state index contributed by atoms with van der Waals surface area (Å²) in [6, 6.07) is 22.0. The van der Waals surface area contributed by atoms with Crippen LogP contribution in [0.1, 0.15) is 5.56 Å². The molecule has 0 bridgehead atoms. The SMILES string of the molecule is Cc1ccc(-c2noc(-c3ccccc3NC(=O)COc3ccccc3Cl)n2)cc1. The van der Waals surface area contributed by atoms with Crippen LogP contribution in [0.15, 0.2) is 77.3 Å². The Balaban J connectivity index is 1.49. The zero-order chi connectivity index (χ0) is 20.9. The van der Waals surface area contributed by atoms with Crippen molar-refractivity contribution in [1.29, 1.82) is 0 Å². The van der Waals surface area contributed by atoms with Gasteiger partial charge in [0, 0.05) is 5.56 Å². The van der Waals surface area contributed by atoms with E-state index < -0.39 is 0 Å². The minimum absolute atomic E-state index is 0.184. The van der Waals surface area contributed by atoms with Crippen LogP contribution in [0.25, 0.3) is 22.8 Å². The van der Waals surface area contributed by atoms with Gasteiger partial charge in [0.25, 0.3) is 11.8 Å². The Labute approximate surface area is 178 Å². The highest BCUT2D eigenvalue weighted by atomic mass is 35.5. The first kappa shape index (κ1) is 19.7. The second kappa shape index (κ2) is 8.80. The van der Waals surface area contributed by atoms with Gasteiger partial charge < -0.3 is 14.6 Å². The van der Waals surface area contributed by atoms with Gasteiger partial charge in [-0.15, -0.1) is 0 Å². The monoisotopic (exact) mass is 419 g/mol. The van der Waals surface area contributed by atoms with Crippen molar-refractivity contribution in [3.05, 3.63) is 83.4 Å². The third-order valence-electron chi connectivity index (χ3n) is 4.36. The molecule has 0 aliphatic rings. The lowest BCUT2D eigenvalue weighted by atomic mass is 10.1. The van der Waals surface area contributed by atoms with E-state index in [9.17, 15) is 4.79 Å². The lowest BCUT2D eigenvalue weighted by molar-refractivity contribution is -0.118. The van der Waals surface area contributed by atoms with Gasteiger partial charge in [0.15, 0.2) is 6.61 Å². The van der Waals surface area contributed by atoms with E-state index >= 15 is 0 Å². The van der Waals surface area contributed by atoms with E-state index in [4.69, 9.17) is 20.9 Å². The van der Waals surface area contributed by atoms with Crippen LogP contribution < -0.4 is 10.1 Å². The van der Waals surface area contributed by atoms with Crippen LogP contribution in [0.4, 0.5) is 5.69 Å². The Kier molecular flexibility index (Phi) is 5.77. The number of halogens is 1. The second-order valence-electron chi connectivity index (χ2n) is 6.60. The Morgan fingerprint density at radius 2 is 1.77 bits per heavy atom. The van der Waals surface area contributed by atoms with Gasteiger partial charge in [-0.3, -0.25) is 4.79 Å². The number of ether oxygens (including phenoxy) is 1. The fourth-order valence-corrected chi connectivity index (χ4v) is 3.01. The number of benzene rings is 3. The molecule has 0 unspecified atom stereocenters. The quantitative estimate of drug-likeness (QED) is 0.453. The number of rotatable bonds is 6. The molecule has 0 spiro atoms. The molecule has 150 valence electrons. The fraction of sp³-hybridized carbons (Fsp3) is 0.0870. The normalized spacial score (nSPS) is 10.6.